The molecule has 2 atom stereocenters. The average molecular weight is 566 g/mol. The maximum atomic E-state index is 13.9. The maximum Gasteiger partial charge on any atom is 0.295 e. The Bertz CT molecular complexity index is 1160. The van der Waals surface area contributed by atoms with Gasteiger partial charge in [-0.15, -0.1) is 0 Å². The van der Waals surface area contributed by atoms with E-state index >= 15 is 0 Å². The molecule has 33 heavy (non-hydrogen) atoms. The minimum absolute atomic E-state index is 0.265. The molecule has 1 aromatic carbocycles. The molecular formula is C23H21F2IN4O3. The SMILES string of the molecule is CC(F)(I)Oc1ccc(NC(=O)c2cnc(N3CC[C@@H](O)C3)c(-c3cncc(F)c3)c2)cc1. The number of rotatable bonds is 6. The van der Waals surface area contributed by atoms with Crippen LogP contribution in [0.15, 0.2) is 55.0 Å². The Hall–Kier alpha value is -2.86. The predicted octanol–water partition coefficient (Wildman–Crippen LogP) is 4.56. The third-order valence-corrected chi connectivity index (χ3v) is 5.24. The van der Waals surface area contributed by atoms with E-state index in [1.54, 1.807) is 30.3 Å². The fourth-order valence-corrected chi connectivity index (χ4v) is 3.81. The third-order valence-electron chi connectivity index (χ3n) is 5.02. The highest BCUT2D eigenvalue weighted by atomic mass is 127. The van der Waals surface area contributed by atoms with Gasteiger partial charge in [0.2, 0.25) is 0 Å². The van der Waals surface area contributed by atoms with E-state index in [0.717, 1.165) is 6.20 Å². The lowest BCUT2D eigenvalue weighted by atomic mass is 10.1. The molecule has 0 spiro atoms. The van der Waals surface area contributed by atoms with Crippen molar-refractivity contribution in [2.75, 3.05) is 23.3 Å². The number of aromatic nitrogens is 2. The highest BCUT2D eigenvalue weighted by Crippen LogP contribution is 2.32. The smallest absolute Gasteiger partial charge is 0.295 e. The lowest BCUT2D eigenvalue weighted by Crippen LogP contribution is -2.23. The van der Waals surface area contributed by atoms with Crippen molar-refractivity contribution in [2.45, 2.75) is 23.3 Å². The number of benzene rings is 1. The van der Waals surface area contributed by atoms with E-state index in [1.165, 1.54) is 48.0 Å². The molecule has 10 heteroatoms. The number of aliphatic hydroxyl groups excluding tert-OH is 1. The molecule has 1 aliphatic heterocycles. The summed E-state index contributed by atoms with van der Waals surface area (Å²) >= 11 is 1.53. The molecule has 7 nitrogen and oxygen atoms in total. The second-order valence-corrected chi connectivity index (χ2v) is 9.69. The molecule has 4 rings (SSSR count). The number of nitrogens with one attached hydrogen (secondary N) is 1. The second kappa shape index (κ2) is 9.56. The fourth-order valence-electron chi connectivity index (χ4n) is 3.56. The fraction of sp³-hybridized carbons (Fsp3) is 0.261. The summed E-state index contributed by atoms with van der Waals surface area (Å²) in [5.41, 5.74) is 1.77. The van der Waals surface area contributed by atoms with E-state index in [-0.39, 0.29) is 5.56 Å². The summed E-state index contributed by atoms with van der Waals surface area (Å²) in [6.45, 7) is 2.28. The van der Waals surface area contributed by atoms with E-state index in [9.17, 15) is 18.7 Å². The van der Waals surface area contributed by atoms with E-state index in [1.807, 2.05) is 4.90 Å². The number of nitrogens with zero attached hydrogens (tertiary/aromatic N) is 3. The van der Waals surface area contributed by atoms with Gasteiger partial charge in [-0.3, -0.25) is 9.78 Å². The maximum absolute atomic E-state index is 13.9. The van der Waals surface area contributed by atoms with E-state index in [2.05, 4.69) is 15.3 Å². The minimum Gasteiger partial charge on any atom is -0.450 e. The number of amides is 1. The predicted molar refractivity (Wildman–Crippen MR) is 129 cm³/mol. The van der Waals surface area contributed by atoms with E-state index in [0.29, 0.717) is 47.9 Å². The summed E-state index contributed by atoms with van der Waals surface area (Å²) in [5.74, 6) is -0.0517. The first-order valence-corrected chi connectivity index (χ1v) is 11.3. The Morgan fingerprint density at radius 1 is 1.27 bits per heavy atom. The monoisotopic (exact) mass is 566 g/mol. The highest BCUT2D eigenvalue weighted by Gasteiger charge is 2.25. The zero-order valence-electron chi connectivity index (χ0n) is 17.6. The molecule has 1 aliphatic rings. The van der Waals surface area contributed by atoms with Crippen molar-refractivity contribution in [1.29, 1.82) is 0 Å². The molecule has 0 bridgehead atoms. The molecular weight excluding hydrogens is 545 g/mol. The summed E-state index contributed by atoms with van der Waals surface area (Å²) in [6.07, 6.45) is 4.17. The Morgan fingerprint density at radius 3 is 2.67 bits per heavy atom. The van der Waals surface area contributed by atoms with Crippen LogP contribution in [0.25, 0.3) is 11.1 Å². The number of halogens is 3. The standard InChI is InChI=1S/C23H21F2IN4O3/c1-23(25,26)33-19-4-2-17(3-5-19)29-22(32)15-9-20(14-8-16(24)12-27-10-14)21(28-11-15)30-7-6-18(31)13-30/h2-5,8-12,18,31H,6-7,13H2,1H3,(H,29,32)/t18-,23?/m1/s1. The molecule has 0 saturated carbocycles. The Labute approximate surface area is 203 Å². The molecule has 2 N–H and O–H groups in total. The van der Waals surface area contributed by atoms with Crippen LogP contribution in [0, 0.1) is 5.82 Å². The molecule has 1 amide bonds. The number of alkyl halides is 2. The first kappa shape index (κ1) is 23.3. The van der Waals surface area contributed by atoms with Crippen molar-refractivity contribution in [3.63, 3.8) is 0 Å². The molecule has 3 heterocycles. The number of ether oxygens (including phenoxy) is 1. The number of aliphatic hydroxyl groups is 1. The largest absolute Gasteiger partial charge is 0.450 e. The van der Waals surface area contributed by atoms with Crippen molar-refractivity contribution < 1.29 is 23.4 Å². The quantitative estimate of drug-likeness (QED) is 0.336. The molecule has 1 fully saturated rings. The summed E-state index contributed by atoms with van der Waals surface area (Å²) in [4.78, 5) is 23.1. The van der Waals surface area contributed by atoms with Gasteiger partial charge in [0, 0.05) is 71.8 Å². The average Bonchev–Trinajstić information content (AvgIpc) is 3.20. The van der Waals surface area contributed by atoms with Crippen LogP contribution in [-0.4, -0.2) is 44.0 Å². The van der Waals surface area contributed by atoms with Crippen molar-refractivity contribution in [1.82, 2.24) is 9.97 Å². The van der Waals surface area contributed by atoms with Gasteiger partial charge in [-0.2, -0.15) is 4.39 Å². The van der Waals surface area contributed by atoms with Gasteiger partial charge in [0.05, 0.1) is 17.9 Å². The molecule has 172 valence electrons. The number of anilines is 2. The van der Waals surface area contributed by atoms with Crippen LogP contribution >= 0.6 is 22.6 Å². The van der Waals surface area contributed by atoms with Crippen molar-refractivity contribution in [2.24, 2.45) is 0 Å². The Balaban J connectivity index is 1.60. The van der Waals surface area contributed by atoms with Crippen molar-refractivity contribution in [3.8, 4) is 16.9 Å². The number of carbonyl (C=O) groups is 1. The van der Waals surface area contributed by atoms with Gasteiger partial charge in [-0.05, 0) is 42.8 Å². The van der Waals surface area contributed by atoms with Crippen LogP contribution < -0.4 is 15.0 Å². The van der Waals surface area contributed by atoms with Crippen LogP contribution in [0.2, 0.25) is 0 Å². The molecule has 2 aromatic heterocycles. The zero-order valence-corrected chi connectivity index (χ0v) is 19.8. The normalized spacial score (nSPS) is 17.5. The van der Waals surface area contributed by atoms with Crippen LogP contribution in [0.1, 0.15) is 23.7 Å². The molecule has 1 saturated heterocycles. The minimum atomic E-state index is -1.84. The second-order valence-electron chi connectivity index (χ2n) is 7.76. The van der Waals surface area contributed by atoms with Crippen LogP contribution in [0.5, 0.6) is 5.75 Å². The summed E-state index contributed by atoms with van der Waals surface area (Å²) in [5, 5.41) is 12.7. The van der Waals surface area contributed by atoms with Crippen LogP contribution in [0.3, 0.4) is 0 Å². The van der Waals surface area contributed by atoms with Crippen LogP contribution in [0.4, 0.5) is 20.3 Å². The van der Waals surface area contributed by atoms with Gasteiger partial charge in [-0.1, -0.05) is 0 Å². The number of β-amino-alcohol motifs (C(OH)–C–C–N with tert-alkyl or cyclic N) is 1. The van der Waals surface area contributed by atoms with E-state index in [4.69, 9.17) is 4.74 Å². The first-order valence-electron chi connectivity index (χ1n) is 10.2. The number of carbonyl (C=O) groups excluding carboxylic acids is 1. The zero-order chi connectivity index (χ0) is 23.6. The van der Waals surface area contributed by atoms with Gasteiger partial charge in [0.1, 0.15) is 17.4 Å². The van der Waals surface area contributed by atoms with Gasteiger partial charge in [0.15, 0.2) is 0 Å². The van der Waals surface area contributed by atoms with Gasteiger partial charge in [0.25, 0.3) is 9.77 Å². The van der Waals surface area contributed by atoms with Crippen molar-refractivity contribution in [3.05, 3.63) is 66.4 Å². The molecule has 0 aliphatic carbocycles. The molecule has 1 unspecified atom stereocenters. The molecule has 0 radical (unpaired) electrons. The summed E-state index contributed by atoms with van der Waals surface area (Å²) < 4.78 is 30.8. The van der Waals surface area contributed by atoms with Crippen LogP contribution in [-0.2, 0) is 0 Å². The summed E-state index contributed by atoms with van der Waals surface area (Å²) in [6, 6.07) is 9.25. The van der Waals surface area contributed by atoms with Gasteiger partial charge < -0.3 is 20.1 Å². The van der Waals surface area contributed by atoms with E-state index < -0.39 is 21.7 Å². The van der Waals surface area contributed by atoms with Gasteiger partial charge >= 0.3 is 0 Å². The topological polar surface area (TPSA) is 87.6 Å². The lowest BCUT2D eigenvalue weighted by Gasteiger charge is -2.21. The number of pyridine rings is 2. The Morgan fingerprint density at radius 2 is 2.03 bits per heavy atom. The lowest BCUT2D eigenvalue weighted by molar-refractivity contribution is 0.0673. The molecule has 3 aromatic rings. The Kier molecular flexibility index (Phi) is 6.75. The van der Waals surface area contributed by atoms with Crippen molar-refractivity contribution >= 4 is 40.0 Å². The summed E-state index contributed by atoms with van der Waals surface area (Å²) in [7, 11) is 0. The number of hydrogen-bond acceptors (Lipinski definition) is 6. The van der Waals surface area contributed by atoms with Gasteiger partial charge in [-0.25, -0.2) is 9.37 Å². The third kappa shape index (κ3) is 5.93. The number of hydrogen-bond donors (Lipinski definition) is 2. The first-order chi connectivity index (χ1) is 15.7. The highest BCUT2D eigenvalue weighted by molar-refractivity contribution is 14.1.